The molecule has 1 aliphatic heterocycles. The molecule has 1 heterocycles. The van der Waals surface area contributed by atoms with Gasteiger partial charge in [0.05, 0.1) is 0 Å². The molecule has 0 N–H and O–H groups in total. The quantitative estimate of drug-likeness (QED) is 0.855. The van der Waals surface area contributed by atoms with Crippen LogP contribution in [0.25, 0.3) is 0 Å². The molecule has 0 bridgehead atoms. The first-order chi connectivity index (χ1) is 11.0. The lowest BCUT2D eigenvalue weighted by Crippen LogP contribution is -2.27. The van der Waals surface area contributed by atoms with E-state index in [1.807, 2.05) is 43.3 Å². The van der Waals surface area contributed by atoms with E-state index in [0.29, 0.717) is 12.1 Å². The average molecular weight is 308 g/mol. The molecule has 118 valence electrons. The topological polar surface area (TPSA) is 40.6 Å². The second kappa shape index (κ2) is 5.88. The molecule has 0 aliphatic carbocycles. The van der Waals surface area contributed by atoms with Crippen LogP contribution in [-0.2, 0) is 11.2 Å². The zero-order valence-corrected chi connectivity index (χ0v) is 13.7. The van der Waals surface area contributed by atoms with Gasteiger partial charge in [0.25, 0.3) is 5.91 Å². The fourth-order valence-corrected chi connectivity index (χ4v) is 2.94. The Kier molecular flexibility index (Phi) is 3.90. The third kappa shape index (κ3) is 2.84. The van der Waals surface area contributed by atoms with Gasteiger partial charge in [-0.3, -0.25) is 9.59 Å². The standard InChI is InChI=1S/C19H20N2O2/c1-13-4-7-17(8-5-13)20(3)19(23)16-6-9-18-15(12-16)10-11-21(18)14(2)22/h4-9,12H,10-11H2,1-3H3. The van der Waals surface area contributed by atoms with Gasteiger partial charge in [-0.2, -0.15) is 0 Å². The average Bonchev–Trinajstić information content (AvgIpc) is 2.97. The lowest BCUT2D eigenvalue weighted by molar-refractivity contribution is -0.116. The summed E-state index contributed by atoms with van der Waals surface area (Å²) in [6, 6.07) is 13.5. The minimum atomic E-state index is -0.0436. The predicted octanol–water partition coefficient (Wildman–Crippen LogP) is 3.18. The van der Waals surface area contributed by atoms with Crippen molar-refractivity contribution in [2.75, 3.05) is 23.4 Å². The predicted molar refractivity (Wildman–Crippen MR) is 92.1 cm³/mol. The van der Waals surface area contributed by atoms with Gasteiger partial charge < -0.3 is 9.80 Å². The highest BCUT2D eigenvalue weighted by Crippen LogP contribution is 2.29. The molecular weight excluding hydrogens is 288 g/mol. The number of amides is 2. The number of fused-ring (bicyclic) bond motifs is 1. The van der Waals surface area contributed by atoms with Crippen molar-refractivity contribution in [2.45, 2.75) is 20.3 Å². The number of benzene rings is 2. The molecule has 2 aromatic carbocycles. The van der Waals surface area contributed by atoms with Crippen LogP contribution in [0.1, 0.15) is 28.4 Å². The van der Waals surface area contributed by atoms with Crippen molar-refractivity contribution >= 4 is 23.2 Å². The first-order valence-corrected chi connectivity index (χ1v) is 7.73. The van der Waals surface area contributed by atoms with Crippen LogP contribution in [0, 0.1) is 6.92 Å². The Balaban J connectivity index is 1.86. The summed E-state index contributed by atoms with van der Waals surface area (Å²) in [7, 11) is 1.78. The Bertz CT molecular complexity index is 765. The van der Waals surface area contributed by atoms with Gasteiger partial charge in [-0.1, -0.05) is 17.7 Å². The number of aryl methyl sites for hydroxylation is 1. The number of hydrogen-bond donors (Lipinski definition) is 0. The van der Waals surface area contributed by atoms with Gasteiger partial charge in [-0.05, 0) is 49.2 Å². The third-order valence-corrected chi connectivity index (χ3v) is 4.33. The first kappa shape index (κ1) is 15.3. The van der Waals surface area contributed by atoms with E-state index in [9.17, 15) is 9.59 Å². The monoisotopic (exact) mass is 308 g/mol. The van der Waals surface area contributed by atoms with E-state index in [1.165, 1.54) is 0 Å². The van der Waals surface area contributed by atoms with Crippen LogP contribution in [0.2, 0.25) is 0 Å². The Morgan fingerprint density at radius 3 is 2.43 bits per heavy atom. The van der Waals surface area contributed by atoms with E-state index >= 15 is 0 Å². The van der Waals surface area contributed by atoms with Gasteiger partial charge in [0, 0.05) is 37.5 Å². The number of carbonyl (C=O) groups is 2. The molecule has 4 nitrogen and oxygen atoms in total. The molecule has 0 radical (unpaired) electrons. The van der Waals surface area contributed by atoms with E-state index in [1.54, 1.807) is 29.8 Å². The molecule has 2 aromatic rings. The van der Waals surface area contributed by atoms with Gasteiger partial charge in [0.1, 0.15) is 0 Å². The summed E-state index contributed by atoms with van der Waals surface area (Å²) in [5, 5.41) is 0. The molecule has 4 heteroatoms. The molecule has 3 rings (SSSR count). The van der Waals surface area contributed by atoms with E-state index in [4.69, 9.17) is 0 Å². The van der Waals surface area contributed by atoms with E-state index in [-0.39, 0.29) is 11.8 Å². The highest BCUT2D eigenvalue weighted by Gasteiger charge is 2.24. The number of hydrogen-bond acceptors (Lipinski definition) is 2. The number of rotatable bonds is 2. The van der Waals surface area contributed by atoms with E-state index in [2.05, 4.69) is 0 Å². The van der Waals surface area contributed by atoms with Crippen LogP contribution in [0.3, 0.4) is 0 Å². The molecule has 0 atom stereocenters. The van der Waals surface area contributed by atoms with Crippen molar-refractivity contribution in [1.29, 1.82) is 0 Å². The van der Waals surface area contributed by atoms with E-state index < -0.39 is 0 Å². The summed E-state index contributed by atoms with van der Waals surface area (Å²) >= 11 is 0. The smallest absolute Gasteiger partial charge is 0.258 e. The maximum atomic E-state index is 12.7. The molecule has 0 aromatic heterocycles. The third-order valence-electron chi connectivity index (χ3n) is 4.33. The molecule has 2 amide bonds. The van der Waals surface area contributed by atoms with Gasteiger partial charge in [-0.25, -0.2) is 0 Å². The fraction of sp³-hybridized carbons (Fsp3) is 0.263. The van der Waals surface area contributed by atoms with Crippen LogP contribution in [0.4, 0.5) is 11.4 Å². The summed E-state index contributed by atoms with van der Waals surface area (Å²) < 4.78 is 0. The number of carbonyl (C=O) groups excluding carboxylic acids is 2. The zero-order valence-electron chi connectivity index (χ0n) is 13.7. The first-order valence-electron chi connectivity index (χ1n) is 7.73. The second-order valence-corrected chi connectivity index (χ2v) is 5.96. The molecule has 0 fully saturated rings. The summed E-state index contributed by atoms with van der Waals surface area (Å²) in [4.78, 5) is 27.7. The summed E-state index contributed by atoms with van der Waals surface area (Å²) in [6.07, 6.45) is 0.796. The van der Waals surface area contributed by atoms with Crippen molar-refractivity contribution < 1.29 is 9.59 Å². The van der Waals surface area contributed by atoms with Crippen molar-refractivity contribution in [1.82, 2.24) is 0 Å². The maximum Gasteiger partial charge on any atom is 0.258 e. The van der Waals surface area contributed by atoms with Crippen LogP contribution in [0.5, 0.6) is 0 Å². The molecule has 0 unspecified atom stereocenters. The normalized spacial score (nSPS) is 12.9. The summed E-state index contributed by atoms with van der Waals surface area (Å²) in [5.41, 5.74) is 4.66. The fourth-order valence-electron chi connectivity index (χ4n) is 2.94. The summed E-state index contributed by atoms with van der Waals surface area (Å²) in [6.45, 7) is 4.28. The van der Waals surface area contributed by atoms with E-state index in [0.717, 1.165) is 28.9 Å². The number of anilines is 2. The van der Waals surface area contributed by atoms with Crippen molar-refractivity contribution in [3.63, 3.8) is 0 Å². The maximum absolute atomic E-state index is 12.7. The van der Waals surface area contributed by atoms with Crippen molar-refractivity contribution in [3.8, 4) is 0 Å². The second-order valence-electron chi connectivity index (χ2n) is 5.96. The van der Waals surface area contributed by atoms with Crippen LogP contribution < -0.4 is 9.80 Å². The molecule has 0 spiro atoms. The highest BCUT2D eigenvalue weighted by molar-refractivity contribution is 6.06. The molecule has 0 saturated carbocycles. The van der Waals surface area contributed by atoms with Crippen molar-refractivity contribution in [2.24, 2.45) is 0 Å². The molecule has 23 heavy (non-hydrogen) atoms. The van der Waals surface area contributed by atoms with Crippen LogP contribution in [-0.4, -0.2) is 25.4 Å². The SMILES string of the molecule is CC(=O)N1CCc2cc(C(=O)N(C)c3ccc(C)cc3)ccc21. The minimum absolute atomic E-state index is 0.0413. The molecule has 0 saturated heterocycles. The Morgan fingerprint density at radius 2 is 1.78 bits per heavy atom. The summed E-state index contributed by atoms with van der Waals surface area (Å²) in [5.74, 6) is -0.00229. The largest absolute Gasteiger partial charge is 0.312 e. The molecule has 1 aliphatic rings. The zero-order chi connectivity index (χ0) is 16.6. The number of nitrogens with zero attached hydrogens (tertiary/aromatic N) is 2. The highest BCUT2D eigenvalue weighted by atomic mass is 16.2. The van der Waals surface area contributed by atoms with Gasteiger partial charge in [-0.15, -0.1) is 0 Å². The van der Waals surface area contributed by atoms with Gasteiger partial charge in [0.2, 0.25) is 5.91 Å². The molecular formula is C19H20N2O2. The Labute approximate surface area is 136 Å². The van der Waals surface area contributed by atoms with Crippen LogP contribution >= 0.6 is 0 Å². The van der Waals surface area contributed by atoms with Gasteiger partial charge in [0.15, 0.2) is 0 Å². The minimum Gasteiger partial charge on any atom is -0.312 e. The van der Waals surface area contributed by atoms with Gasteiger partial charge >= 0.3 is 0 Å². The lowest BCUT2D eigenvalue weighted by Gasteiger charge is -2.19. The lowest BCUT2D eigenvalue weighted by atomic mass is 10.1. The Hall–Kier alpha value is -2.62. The van der Waals surface area contributed by atoms with Crippen molar-refractivity contribution in [3.05, 3.63) is 59.2 Å². The van der Waals surface area contributed by atoms with Crippen LogP contribution in [0.15, 0.2) is 42.5 Å². The Morgan fingerprint density at radius 1 is 1.09 bits per heavy atom.